The van der Waals surface area contributed by atoms with Gasteiger partial charge in [-0.05, 0) is 12.1 Å². The lowest BCUT2D eigenvalue weighted by Gasteiger charge is -2.29. The van der Waals surface area contributed by atoms with Crippen molar-refractivity contribution in [2.24, 2.45) is 0 Å². The van der Waals surface area contributed by atoms with Crippen LogP contribution in [0.4, 0.5) is 4.79 Å². The van der Waals surface area contributed by atoms with Crippen LogP contribution in [0.1, 0.15) is 5.56 Å². The van der Waals surface area contributed by atoms with Gasteiger partial charge in [0.2, 0.25) is 0 Å². The molecule has 0 saturated carbocycles. The van der Waals surface area contributed by atoms with Crippen LogP contribution in [0.15, 0.2) is 47.7 Å². The van der Waals surface area contributed by atoms with E-state index in [-0.39, 0.29) is 17.0 Å². The van der Waals surface area contributed by atoms with Gasteiger partial charge < -0.3 is 14.9 Å². The average Bonchev–Trinajstić information content (AvgIpc) is 2.40. The fourth-order valence-electron chi connectivity index (χ4n) is 1.83. The number of carbonyl (C=O) groups is 1. The zero-order valence-corrected chi connectivity index (χ0v) is 11.0. The van der Waals surface area contributed by atoms with E-state index in [1.54, 1.807) is 0 Å². The van der Waals surface area contributed by atoms with Crippen LogP contribution in [0.3, 0.4) is 0 Å². The molecule has 0 unspecified atom stereocenters. The number of hydrogen-bond donors (Lipinski definition) is 2. The highest BCUT2D eigenvalue weighted by Gasteiger charge is 2.38. The first-order valence-electron chi connectivity index (χ1n) is 5.46. The Bertz CT molecular complexity index is 706. The SMILES string of the molecule is C=CCN1C(OC(=O)O)=C(O)c2ccccc2S1(=O)=O. The summed E-state index contributed by atoms with van der Waals surface area (Å²) in [6.07, 6.45) is -0.473. The number of ether oxygens (including phenoxy) is 1. The molecule has 1 aliphatic heterocycles. The summed E-state index contributed by atoms with van der Waals surface area (Å²) in [5, 5.41) is 18.7. The molecule has 8 heteroatoms. The number of nitrogens with zero attached hydrogens (tertiary/aromatic N) is 1. The summed E-state index contributed by atoms with van der Waals surface area (Å²) in [4.78, 5) is 10.5. The number of benzene rings is 1. The molecule has 1 aliphatic rings. The van der Waals surface area contributed by atoms with Crippen LogP contribution in [0.25, 0.3) is 5.76 Å². The third-order valence-electron chi connectivity index (χ3n) is 2.62. The Labute approximate surface area is 115 Å². The molecule has 0 aromatic heterocycles. The number of aliphatic hydroxyl groups is 1. The molecule has 106 valence electrons. The summed E-state index contributed by atoms with van der Waals surface area (Å²) in [6.45, 7) is 3.17. The maximum absolute atomic E-state index is 12.4. The Morgan fingerprint density at radius 1 is 1.40 bits per heavy atom. The molecular formula is C12H11NO6S. The Kier molecular flexibility index (Phi) is 3.41. The van der Waals surface area contributed by atoms with Crippen LogP contribution in [0, 0.1) is 0 Å². The van der Waals surface area contributed by atoms with Crippen molar-refractivity contribution < 1.29 is 28.2 Å². The Hall–Kier alpha value is -2.48. The second-order valence-electron chi connectivity index (χ2n) is 3.84. The van der Waals surface area contributed by atoms with Crippen LogP contribution in [-0.2, 0) is 14.8 Å². The number of hydrogen-bond acceptors (Lipinski definition) is 5. The average molecular weight is 297 g/mol. The minimum atomic E-state index is -4.02. The highest BCUT2D eigenvalue weighted by atomic mass is 32.2. The van der Waals surface area contributed by atoms with Gasteiger partial charge in [0.15, 0.2) is 5.76 Å². The van der Waals surface area contributed by atoms with Crippen molar-refractivity contribution in [2.45, 2.75) is 4.90 Å². The van der Waals surface area contributed by atoms with E-state index >= 15 is 0 Å². The summed E-state index contributed by atoms with van der Waals surface area (Å²) >= 11 is 0. The van der Waals surface area contributed by atoms with Gasteiger partial charge in [-0.15, -0.1) is 6.58 Å². The molecule has 7 nitrogen and oxygen atoms in total. The monoisotopic (exact) mass is 297 g/mol. The van der Waals surface area contributed by atoms with Gasteiger partial charge in [-0.1, -0.05) is 18.2 Å². The van der Waals surface area contributed by atoms with Crippen molar-refractivity contribution in [3.8, 4) is 0 Å². The van der Waals surface area contributed by atoms with Crippen LogP contribution < -0.4 is 0 Å². The van der Waals surface area contributed by atoms with E-state index in [9.17, 15) is 18.3 Å². The molecule has 0 saturated heterocycles. The fourth-order valence-corrected chi connectivity index (χ4v) is 3.40. The maximum atomic E-state index is 12.4. The maximum Gasteiger partial charge on any atom is 0.512 e. The summed E-state index contributed by atoms with van der Waals surface area (Å²) in [6, 6.07) is 5.69. The predicted octanol–water partition coefficient (Wildman–Crippen LogP) is 1.76. The first-order chi connectivity index (χ1) is 9.39. The third-order valence-corrected chi connectivity index (χ3v) is 4.43. The number of sulfonamides is 1. The third kappa shape index (κ3) is 2.10. The molecule has 0 aliphatic carbocycles. The molecule has 0 amide bonds. The van der Waals surface area contributed by atoms with Crippen molar-refractivity contribution in [3.05, 3.63) is 48.4 Å². The van der Waals surface area contributed by atoms with Gasteiger partial charge in [0.1, 0.15) is 0 Å². The zero-order valence-electron chi connectivity index (χ0n) is 10.2. The van der Waals surface area contributed by atoms with Crippen molar-refractivity contribution in [2.75, 3.05) is 6.54 Å². The topological polar surface area (TPSA) is 104 Å². The summed E-state index contributed by atoms with van der Waals surface area (Å²) in [5.41, 5.74) is -0.0101. The summed E-state index contributed by atoms with van der Waals surface area (Å²) in [5.74, 6) is -1.21. The van der Waals surface area contributed by atoms with Gasteiger partial charge in [0.05, 0.1) is 11.4 Å². The smallest absolute Gasteiger partial charge is 0.503 e. The molecule has 1 aromatic rings. The first-order valence-corrected chi connectivity index (χ1v) is 6.90. The minimum Gasteiger partial charge on any atom is -0.503 e. The summed E-state index contributed by atoms with van der Waals surface area (Å²) < 4.78 is 29.8. The van der Waals surface area contributed by atoms with Crippen LogP contribution in [-0.4, -0.2) is 35.6 Å². The van der Waals surface area contributed by atoms with E-state index in [2.05, 4.69) is 11.3 Å². The van der Waals surface area contributed by atoms with E-state index in [4.69, 9.17) is 5.11 Å². The molecule has 0 radical (unpaired) electrons. The van der Waals surface area contributed by atoms with Crippen molar-refractivity contribution in [3.63, 3.8) is 0 Å². The first kappa shape index (κ1) is 13.9. The highest BCUT2D eigenvalue weighted by Crippen LogP contribution is 2.35. The van der Waals surface area contributed by atoms with Gasteiger partial charge >= 0.3 is 6.16 Å². The Morgan fingerprint density at radius 3 is 2.65 bits per heavy atom. The largest absolute Gasteiger partial charge is 0.512 e. The highest BCUT2D eigenvalue weighted by molar-refractivity contribution is 7.89. The molecule has 2 N–H and O–H groups in total. The Balaban J connectivity index is 2.73. The fraction of sp³-hybridized carbons (Fsp3) is 0.0833. The molecule has 0 spiro atoms. The van der Waals surface area contributed by atoms with Gasteiger partial charge in [0.25, 0.3) is 15.9 Å². The molecule has 0 fully saturated rings. The van der Waals surface area contributed by atoms with Gasteiger partial charge in [-0.2, -0.15) is 0 Å². The number of fused-ring (bicyclic) bond motifs is 1. The van der Waals surface area contributed by atoms with Crippen LogP contribution in [0.5, 0.6) is 0 Å². The van der Waals surface area contributed by atoms with Gasteiger partial charge in [0, 0.05) is 5.56 Å². The van der Waals surface area contributed by atoms with Crippen LogP contribution >= 0.6 is 0 Å². The standard InChI is InChI=1S/C12H11NO6S/c1-2-7-13-11(19-12(15)16)10(14)8-5-3-4-6-9(8)20(13,17)18/h2-6,14H,1,7H2,(H,15,16). The number of rotatable bonds is 3. The van der Waals surface area contributed by atoms with Gasteiger partial charge in [-0.3, -0.25) is 0 Å². The normalized spacial score (nSPS) is 16.5. The van der Waals surface area contributed by atoms with Crippen LogP contribution in [0.2, 0.25) is 0 Å². The molecule has 2 rings (SSSR count). The quantitative estimate of drug-likeness (QED) is 0.650. The Morgan fingerprint density at radius 2 is 2.05 bits per heavy atom. The van der Waals surface area contributed by atoms with E-state index < -0.39 is 27.8 Å². The molecular weight excluding hydrogens is 286 g/mol. The molecule has 1 heterocycles. The van der Waals surface area contributed by atoms with E-state index in [1.807, 2.05) is 0 Å². The predicted molar refractivity (Wildman–Crippen MR) is 69.2 cm³/mol. The minimum absolute atomic E-state index is 0.0101. The van der Waals surface area contributed by atoms with E-state index in [0.717, 1.165) is 0 Å². The molecule has 20 heavy (non-hydrogen) atoms. The molecule has 1 aromatic carbocycles. The van der Waals surface area contributed by atoms with E-state index in [0.29, 0.717) is 4.31 Å². The summed E-state index contributed by atoms with van der Waals surface area (Å²) in [7, 11) is -4.02. The van der Waals surface area contributed by atoms with E-state index in [1.165, 1.54) is 30.3 Å². The lowest BCUT2D eigenvalue weighted by Crippen LogP contribution is -2.36. The molecule has 0 atom stereocenters. The number of carboxylic acid groups (broad SMARTS) is 1. The zero-order chi connectivity index (χ0) is 14.9. The van der Waals surface area contributed by atoms with Gasteiger partial charge in [-0.25, -0.2) is 17.5 Å². The van der Waals surface area contributed by atoms with Crippen molar-refractivity contribution >= 4 is 21.9 Å². The molecule has 0 bridgehead atoms. The van der Waals surface area contributed by atoms with Crippen molar-refractivity contribution in [1.82, 2.24) is 4.31 Å². The lowest BCUT2D eigenvalue weighted by atomic mass is 10.2. The van der Waals surface area contributed by atoms with Crippen molar-refractivity contribution in [1.29, 1.82) is 0 Å². The number of aliphatic hydroxyl groups excluding tert-OH is 1. The second-order valence-corrected chi connectivity index (χ2v) is 5.67. The second kappa shape index (κ2) is 4.89. The lowest BCUT2D eigenvalue weighted by molar-refractivity contribution is 0.100.